The van der Waals surface area contributed by atoms with E-state index in [0.717, 1.165) is 18.5 Å². The van der Waals surface area contributed by atoms with E-state index >= 15 is 0 Å². The molecule has 1 N–H and O–H groups in total. The van der Waals surface area contributed by atoms with Crippen LogP contribution in [0.4, 0.5) is 0 Å². The summed E-state index contributed by atoms with van der Waals surface area (Å²) in [7, 11) is -1.02. The third kappa shape index (κ3) is 2.41. The molecule has 0 radical (unpaired) electrons. The van der Waals surface area contributed by atoms with Gasteiger partial charge in [0.15, 0.2) is 9.84 Å². The number of aromatic nitrogens is 3. The van der Waals surface area contributed by atoms with Crippen LogP contribution in [-0.2, 0) is 23.4 Å². The van der Waals surface area contributed by atoms with Gasteiger partial charge in [-0.25, -0.2) is 8.42 Å². The van der Waals surface area contributed by atoms with Crippen molar-refractivity contribution < 1.29 is 8.42 Å². The molecule has 1 aromatic rings. The van der Waals surface area contributed by atoms with E-state index in [4.69, 9.17) is 0 Å². The predicted octanol–water partition coefficient (Wildman–Crippen LogP) is -0.518. The highest BCUT2D eigenvalue weighted by Gasteiger charge is 2.30. The highest BCUT2D eigenvalue weighted by molar-refractivity contribution is 7.92. The second kappa shape index (κ2) is 4.50. The van der Waals surface area contributed by atoms with Crippen molar-refractivity contribution in [1.82, 2.24) is 20.3 Å². The Morgan fingerprint density at radius 3 is 3.00 bits per heavy atom. The lowest BCUT2D eigenvalue weighted by atomic mass is 10.2. The molecule has 1 saturated heterocycles. The monoisotopic (exact) mass is 244 g/mol. The third-order valence-corrected chi connectivity index (χ3v) is 5.22. The van der Waals surface area contributed by atoms with Crippen LogP contribution >= 0.6 is 0 Å². The number of hydrogen-bond acceptors (Lipinski definition) is 5. The van der Waals surface area contributed by atoms with Crippen molar-refractivity contribution >= 4 is 9.84 Å². The van der Waals surface area contributed by atoms with Crippen LogP contribution in [0.25, 0.3) is 0 Å². The van der Waals surface area contributed by atoms with Gasteiger partial charge in [-0.1, -0.05) is 5.21 Å². The molecule has 6 nitrogen and oxygen atoms in total. The molecule has 0 bridgehead atoms. The minimum Gasteiger partial charge on any atom is -0.310 e. The summed E-state index contributed by atoms with van der Waals surface area (Å²) in [6, 6.07) is 0. The lowest BCUT2D eigenvalue weighted by Gasteiger charge is -2.10. The predicted molar refractivity (Wildman–Crippen MR) is 59.5 cm³/mol. The fourth-order valence-electron chi connectivity index (χ4n) is 1.92. The zero-order chi connectivity index (χ0) is 11.6. The maximum atomic E-state index is 11.6. The van der Waals surface area contributed by atoms with Crippen LogP contribution in [0.15, 0.2) is 6.20 Å². The van der Waals surface area contributed by atoms with Crippen LogP contribution in [0.3, 0.4) is 0 Å². The van der Waals surface area contributed by atoms with E-state index in [1.54, 1.807) is 10.9 Å². The minimum absolute atomic E-state index is 0.214. The van der Waals surface area contributed by atoms with Gasteiger partial charge in [-0.3, -0.25) is 4.68 Å². The number of sulfone groups is 1. The Morgan fingerprint density at radius 2 is 2.44 bits per heavy atom. The van der Waals surface area contributed by atoms with Gasteiger partial charge in [0.25, 0.3) is 0 Å². The van der Waals surface area contributed by atoms with E-state index in [2.05, 4.69) is 15.6 Å². The van der Waals surface area contributed by atoms with Crippen molar-refractivity contribution in [2.75, 3.05) is 12.3 Å². The van der Waals surface area contributed by atoms with Crippen LogP contribution in [0, 0.1) is 0 Å². The van der Waals surface area contributed by atoms with Crippen molar-refractivity contribution in [3.05, 3.63) is 11.9 Å². The van der Waals surface area contributed by atoms with Crippen molar-refractivity contribution in [2.45, 2.75) is 24.6 Å². The smallest absolute Gasteiger partial charge is 0.154 e. The quantitative estimate of drug-likeness (QED) is 0.771. The summed E-state index contributed by atoms with van der Waals surface area (Å²) in [5, 5.41) is 10.5. The second-order valence-corrected chi connectivity index (χ2v) is 6.51. The first-order chi connectivity index (χ1) is 7.59. The average molecular weight is 244 g/mol. The fourth-order valence-corrected chi connectivity index (χ4v) is 3.72. The Bertz CT molecular complexity index is 454. The van der Waals surface area contributed by atoms with E-state index in [0.29, 0.717) is 18.8 Å². The van der Waals surface area contributed by atoms with Gasteiger partial charge in [0.1, 0.15) is 0 Å². The largest absolute Gasteiger partial charge is 0.310 e. The van der Waals surface area contributed by atoms with E-state index in [1.807, 2.05) is 7.05 Å². The van der Waals surface area contributed by atoms with Gasteiger partial charge in [0, 0.05) is 20.1 Å². The van der Waals surface area contributed by atoms with Crippen molar-refractivity contribution in [3.63, 3.8) is 0 Å². The van der Waals surface area contributed by atoms with Crippen molar-refractivity contribution in [1.29, 1.82) is 0 Å². The van der Waals surface area contributed by atoms with Gasteiger partial charge in [-0.05, 0) is 12.8 Å². The zero-order valence-corrected chi connectivity index (χ0v) is 10.1. The summed E-state index contributed by atoms with van der Waals surface area (Å²) >= 11 is 0. The summed E-state index contributed by atoms with van der Waals surface area (Å²) in [6.45, 7) is 1.13. The molecular weight excluding hydrogens is 228 g/mol. The topological polar surface area (TPSA) is 76.9 Å². The van der Waals surface area contributed by atoms with Crippen LogP contribution in [-0.4, -0.2) is 41.0 Å². The normalized spacial score (nSPS) is 23.7. The Balaban J connectivity index is 1.83. The second-order valence-electron chi connectivity index (χ2n) is 4.11. The molecule has 0 spiro atoms. The molecular formula is C9H16N4O2S. The first kappa shape index (κ1) is 11.5. The average Bonchev–Trinajstić information content (AvgIpc) is 2.75. The van der Waals surface area contributed by atoms with Gasteiger partial charge in [0.2, 0.25) is 0 Å². The maximum absolute atomic E-state index is 11.6. The maximum Gasteiger partial charge on any atom is 0.154 e. The number of aryl methyl sites for hydroxylation is 1. The van der Waals surface area contributed by atoms with Crippen LogP contribution < -0.4 is 5.32 Å². The summed E-state index contributed by atoms with van der Waals surface area (Å²) in [4.78, 5) is 0. The number of hydrogen-bond donors (Lipinski definition) is 1. The number of nitrogens with one attached hydrogen (secondary N) is 1. The highest BCUT2D eigenvalue weighted by Crippen LogP contribution is 2.19. The van der Waals surface area contributed by atoms with Crippen molar-refractivity contribution in [3.8, 4) is 0 Å². The molecule has 1 aliphatic heterocycles. The highest BCUT2D eigenvalue weighted by atomic mass is 32.2. The Morgan fingerprint density at radius 1 is 1.62 bits per heavy atom. The summed E-state index contributed by atoms with van der Waals surface area (Å²) in [5.41, 5.74) is 0.954. The van der Waals surface area contributed by atoms with Crippen molar-refractivity contribution in [2.24, 2.45) is 7.05 Å². The van der Waals surface area contributed by atoms with Gasteiger partial charge in [-0.2, -0.15) is 0 Å². The summed E-state index contributed by atoms with van der Waals surface area (Å²) in [6.07, 6.45) is 3.25. The SMILES string of the molecule is Cn1nncc1CNCC1CCCS1(=O)=O. The molecule has 0 aliphatic carbocycles. The van der Waals surface area contributed by atoms with Crippen LogP contribution in [0.1, 0.15) is 18.5 Å². The fraction of sp³-hybridized carbons (Fsp3) is 0.778. The van der Waals surface area contributed by atoms with E-state index in [-0.39, 0.29) is 5.25 Å². The molecule has 1 unspecified atom stereocenters. The molecule has 1 fully saturated rings. The summed E-state index contributed by atoms with van der Waals surface area (Å²) < 4.78 is 24.8. The number of rotatable bonds is 4. The van der Waals surface area contributed by atoms with Gasteiger partial charge >= 0.3 is 0 Å². The zero-order valence-electron chi connectivity index (χ0n) is 9.26. The lowest BCUT2D eigenvalue weighted by Crippen LogP contribution is -2.30. The van der Waals surface area contributed by atoms with Gasteiger partial charge in [-0.15, -0.1) is 5.10 Å². The molecule has 7 heteroatoms. The first-order valence-corrected chi connectivity index (χ1v) is 7.07. The Kier molecular flexibility index (Phi) is 3.25. The molecule has 1 aliphatic rings. The molecule has 0 saturated carbocycles. The van der Waals surface area contributed by atoms with E-state index in [1.165, 1.54) is 0 Å². The summed E-state index contributed by atoms with van der Waals surface area (Å²) in [5.74, 6) is 0.340. The van der Waals surface area contributed by atoms with E-state index < -0.39 is 9.84 Å². The molecule has 1 aromatic heterocycles. The number of nitrogens with zero attached hydrogens (tertiary/aromatic N) is 3. The minimum atomic E-state index is -2.84. The molecule has 90 valence electrons. The Hall–Kier alpha value is -0.950. The molecule has 1 atom stereocenters. The lowest BCUT2D eigenvalue weighted by molar-refractivity contribution is 0.565. The van der Waals surface area contributed by atoms with Gasteiger partial charge in [0.05, 0.1) is 22.9 Å². The Labute approximate surface area is 95.0 Å². The molecule has 0 amide bonds. The third-order valence-electron chi connectivity index (χ3n) is 2.95. The first-order valence-electron chi connectivity index (χ1n) is 5.35. The molecule has 16 heavy (non-hydrogen) atoms. The standard InChI is InChI=1S/C9H16N4O2S/c1-13-8(6-11-12-13)5-10-7-9-3-2-4-16(9,14)15/h6,9-10H,2-5,7H2,1H3. The molecule has 2 heterocycles. The van der Waals surface area contributed by atoms with Crippen LogP contribution in [0.5, 0.6) is 0 Å². The molecule has 0 aromatic carbocycles. The molecule has 2 rings (SSSR count). The van der Waals surface area contributed by atoms with E-state index in [9.17, 15) is 8.42 Å². The van der Waals surface area contributed by atoms with Gasteiger partial charge < -0.3 is 5.32 Å². The van der Waals surface area contributed by atoms with Crippen LogP contribution in [0.2, 0.25) is 0 Å².